The molecule has 7 heteroatoms. The van der Waals surface area contributed by atoms with E-state index in [2.05, 4.69) is 4.99 Å². The van der Waals surface area contributed by atoms with Crippen LogP contribution in [-0.2, 0) is 6.18 Å². The van der Waals surface area contributed by atoms with Crippen LogP contribution in [-0.4, -0.2) is 19.3 Å². The minimum absolute atomic E-state index is 0.342. The van der Waals surface area contributed by atoms with Gasteiger partial charge >= 0.3 is 12.1 Å². The molecule has 0 aromatic heterocycles. The summed E-state index contributed by atoms with van der Waals surface area (Å²) in [6.45, 7) is 0. The number of nitrogens with zero attached hydrogens (tertiary/aromatic N) is 1. The first kappa shape index (κ1) is 20.1. The van der Waals surface area contributed by atoms with E-state index in [1.165, 1.54) is 18.3 Å². The van der Waals surface area contributed by atoms with E-state index in [0.29, 0.717) is 28.3 Å². The highest BCUT2D eigenvalue weighted by atomic mass is 19.4. The Bertz CT molecular complexity index is 993. The number of carbonyl (C=O) groups is 1. The summed E-state index contributed by atoms with van der Waals surface area (Å²) in [6.07, 6.45) is -2.92. The van der Waals surface area contributed by atoms with Crippen LogP contribution in [0.5, 0.6) is 11.5 Å². The van der Waals surface area contributed by atoms with Crippen molar-refractivity contribution in [1.29, 1.82) is 0 Å². The fourth-order valence-corrected chi connectivity index (χ4v) is 2.40. The molecule has 148 valence electrons. The molecule has 29 heavy (non-hydrogen) atoms. The van der Waals surface area contributed by atoms with Crippen LogP contribution in [0.3, 0.4) is 0 Å². The molecular formula is C22H16F3NO3. The molecule has 4 nitrogen and oxygen atoms in total. The summed E-state index contributed by atoms with van der Waals surface area (Å²) in [5.41, 5.74) is 0.704. The number of hydrogen-bond acceptors (Lipinski definition) is 4. The van der Waals surface area contributed by atoms with Crippen LogP contribution in [0.25, 0.3) is 0 Å². The lowest BCUT2D eigenvalue weighted by Gasteiger charge is -2.06. The van der Waals surface area contributed by atoms with Crippen molar-refractivity contribution in [2.75, 3.05) is 7.11 Å². The number of ether oxygens (including phenoxy) is 2. The molecular weight excluding hydrogens is 383 g/mol. The molecule has 0 saturated heterocycles. The van der Waals surface area contributed by atoms with Crippen LogP contribution < -0.4 is 9.47 Å². The van der Waals surface area contributed by atoms with Crippen molar-refractivity contribution in [3.8, 4) is 11.5 Å². The van der Waals surface area contributed by atoms with Gasteiger partial charge in [0.15, 0.2) is 0 Å². The summed E-state index contributed by atoms with van der Waals surface area (Å²) in [5.74, 6) is 0.522. The third-order valence-corrected chi connectivity index (χ3v) is 3.97. The van der Waals surface area contributed by atoms with Crippen molar-refractivity contribution < 1.29 is 27.4 Å². The maximum atomic E-state index is 12.6. The highest BCUT2D eigenvalue weighted by molar-refractivity contribution is 5.91. The second-order valence-corrected chi connectivity index (χ2v) is 5.99. The Hall–Kier alpha value is -3.61. The van der Waals surface area contributed by atoms with Gasteiger partial charge < -0.3 is 9.47 Å². The van der Waals surface area contributed by atoms with Crippen molar-refractivity contribution in [3.63, 3.8) is 0 Å². The van der Waals surface area contributed by atoms with Gasteiger partial charge in [-0.15, -0.1) is 0 Å². The van der Waals surface area contributed by atoms with Crippen molar-refractivity contribution in [3.05, 3.63) is 89.5 Å². The Morgan fingerprint density at radius 1 is 0.862 bits per heavy atom. The second-order valence-electron chi connectivity index (χ2n) is 5.99. The van der Waals surface area contributed by atoms with E-state index in [0.717, 1.165) is 12.1 Å². The number of hydrogen-bond donors (Lipinski definition) is 0. The number of halogens is 3. The summed E-state index contributed by atoms with van der Waals surface area (Å²) in [5, 5.41) is 0. The van der Waals surface area contributed by atoms with Crippen LogP contribution in [0.15, 0.2) is 77.8 Å². The fraction of sp³-hybridized carbons (Fsp3) is 0.0909. The van der Waals surface area contributed by atoms with Crippen molar-refractivity contribution in [2.45, 2.75) is 6.18 Å². The maximum absolute atomic E-state index is 12.6. The molecule has 0 aliphatic rings. The van der Waals surface area contributed by atoms with E-state index in [-0.39, 0.29) is 0 Å². The van der Waals surface area contributed by atoms with Crippen LogP contribution in [0.1, 0.15) is 21.5 Å². The smallest absolute Gasteiger partial charge is 0.416 e. The number of methoxy groups -OCH3 is 1. The molecule has 3 aromatic rings. The molecule has 0 atom stereocenters. The van der Waals surface area contributed by atoms with Gasteiger partial charge in [-0.25, -0.2) is 4.79 Å². The number of rotatable bonds is 5. The molecule has 0 radical (unpaired) electrons. The second kappa shape index (κ2) is 8.60. The number of carbonyl (C=O) groups excluding carboxylic acids is 1. The van der Waals surface area contributed by atoms with E-state index >= 15 is 0 Å². The predicted molar refractivity (Wildman–Crippen MR) is 103 cm³/mol. The minimum Gasteiger partial charge on any atom is -0.497 e. The van der Waals surface area contributed by atoms with Crippen LogP contribution in [0, 0.1) is 0 Å². The Morgan fingerprint density at radius 2 is 1.45 bits per heavy atom. The minimum atomic E-state index is -4.37. The molecule has 0 amide bonds. The Morgan fingerprint density at radius 3 is 2.00 bits per heavy atom. The molecule has 3 aromatic carbocycles. The quantitative estimate of drug-likeness (QED) is 0.315. The number of benzene rings is 3. The average Bonchev–Trinajstić information content (AvgIpc) is 2.73. The van der Waals surface area contributed by atoms with Gasteiger partial charge in [-0.3, -0.25) is 4.99 Å². The first-order valence-corrected chi connectivity index (χ1v) is 8.53. The van der Waals surface area contributed by atoms with Gasteiger partial charge in [0.2, 0.25) is 0 Å². The molecule has 0 heterocycles. The highest BCUT2D eigenvalue weighted by Gasteiger charge is 2.29. The van der Waals surface area contributed by atoms with Gasteiger partial charge in [0.25, 0.3) is 0 Å². The van der Waals surface area contributed by atoms with E-state index in [1.54, 1.807) is 55.6 Å². The fourth-order valence-electron chi connectivity index (χ4n) is 2.40. The van der Waals surface area contributed by atoms with Gasteiger partial charge in [-0.05, 0) is 66.2 Å². The SMILES string of the molecule is COc1ccc(OC(=O)c2ccc(N=Cc3ccc(C(F)(F)F)cc3)cc2)cc1. The van der Waals surface area contributed by atoms with E-state index in [9.17, 15) is 18.0 Å². The summed E-state index contributed by atoms with van der Waals surface area (Å²) >= 11 is 0. The third kappa shape index (κ3) is 5.44. The van der Waals surface area contributed by atoms with Crippen molar-refractivity contribution >= 4 is 17.9 Å². The largest absolute Gasteiger partial charge is 0.497 e. The summed E-state index contributed by atoms with van der Waals surface area (Å²) < 4.78 is 48.0. The van der Waals surface area contributed by atoms with E-state index in [1.807, 2.05) is 0 Å². The van der Waals surface area contributed by atoms with Crippen LogP contribution in [0.4, 0.5) is 18.9 Å². The van der Waals surface area contributed by atoms with Crippen LogP contribution >= 0.6 is 0 Å². The third-order valence-electron chi connectivity index (χ3n) is 3.97. The van der Waals surface area contributed by atoms with Gasteiger partial charge in [0.1, 0.15) is 11.5 Å². The highest BCUT2D eigenvalue weighted by Crippen LogP contribution is 2.29. The zero-order chi connectivity index (χ0) is 20.9. The zero-order valence-corrected chi connectivity index (χ0v) is 15.3. The molecule has 3 rings (SSSR count). The summed E-state index contributed by atoms with van der Waals surface area (Å²) in [4.78, 5) is 16.4. The van der Waals surface area contributed by atoms with Crippen molar-refractivity contribution in [1.82, 2.24) is 0 Å². The number of esters is 1. The molecule has 0 fully saturated rings. The standard InChI is InChI=1S/C22H16F3NO3/c1-28-19-10-12-20(13-11-19)29-21(27)16-4-8-18(9-5-16)26-14-15-2-6-17(7-3-15)22(23,24)25/h2-14H,1H3. The molecule has 0 saturated carbocycles. The average molecular weight is 399 g/mol. The molecule has 0 spiro atoms. The topological polar surface area (TPSA) is 47.9 Å². The van der Waals surface area contributed by atoms with Crippen LogP contribution in [0.2, 0.25) is 0 Å². The number of aliphatic imine (C=N–C) groups is 1. The normalized spacial score (nSPS) is 11.4. The van der Waals surface area contributed by atoms with E-state index in [4.69, 9.17) is 9.47 Å². The molecule has 0 unspecified atom stereocenters. The first-order valence-electron chi connectivity index (χ1n) is 8.53. The predicted octanol–water partition coefficient (Wildman–Crippen LogP) is 5.68. The monoisotopic (exact) mass is 399 g/mol. The lowest BCUT2D eigenvalue weighted by atomic mass is 10.1. The van der Waals surface area contributed by atoms with E-state index < -0.39 is 17.7 Å². The van der Waals surface area contributed by atoms with Gasteiger partial charge in [0, 0.05) is 6.21 Å². The molecule has 0 N–H and O–H groups in total. The maximum Gasteiger partial charge on any atom is 0.416 e. The molecule has 0 aliphatic carbocycles. The van der Waals surface area contributed by atoms with Gasteiger partial charge in [-0.2, -0.15) is 13.2 Å². The number of alkyl halides is 3. The summed E-state index contributed by atoms with van der Waals surface area (Å²) in [6, 6.07) is 17.6. The first-order chi connectivity index (χ1) is 13.8. The van der Waals surface area contributed by atoms with Gasteiger partial charge in [-0.1, -0.05) is 12.1 Å². The van der Waals surface area contributed by atoms with Gasteiger partial charge in [0.05, 0.1) is 23.9 Å². The lowest BCUT2D eigenvalue weighted by Crippen LogP contribution is -2.08. The summed E-state index contributed by atoms with van der Waals surface area (Å²) in [7, 11) is 1.54. The Balaban J connectivity index is 1.63. The Labute approximate surface area is 165 Å². The van der Waals surface area contributed by atoms with Crippen molar-refractivity contribution in [2.24, 2.45) is 4.99 Å². The molecule has 0 bridgehead atoms. The lowest BCUT2D eigenvalue weighted by molar-refractivity contribution is -0.137. The molecule has 0 aliphatic heterocycles. The Kier molecular flexibility index (Phi) is 5.97. The zero-order valence-electron chi connectivity index (χ0n) is 15.3.